The molecule has 1 aromatic rings. The summed E-state index contributed by atoms with van der Waals surface area (Å²) in [6.45, 7) is 3.14. The first-order chi connectivity index (χ1) is 9.10. The number of nitro benzene ring substituents is 1. The molecule has 0 saturated carbocycles. The highest BCUT2D eigenvalue weighted by atomic mass is 32.2. The van der Waals surface area contributed by atoms with E-state index >= 15 is 0 Å². The molecule has 1 aromatic carbocycles. The first-order valence-electron chi connectivity index (χ1n) is 5.77. The van der Waals surface area contributed by atoms with Crippen LogP contribution in [0.5, 0.6) is 0 Å². The fourth-order valence-corrected chi connectivity index (χ4v) is 1.77. The zero-order chi connectivity index (χ0) is 15.6. The molecular formula is C11H18N4O4S. The van der Waals surface area contributed by atoms with Gasteiger partial charge in [-0.3, -0.25) is 16.0 Å². The van der Waals surface area contributed by atoms with E-state index in [1.165, 1.54) is 12.1 Å². The Balaban J connectivity index is 3.08. The molecule has 0 bridgehead atoms. The fourth-order valence-electron chi connectivity index (χ4n) is 1.44. The maximum Gasteiger partial charge on any atom is 0.316 e. The van der Waals surface area contributed by atoms with Crippen molar-refractivity contribution in [3.63, 3.8) is 0 Å². The molecule has 0 atom stereocenters. The summed E-state index contributed by atoms with van der Waals surface area (Å²) in [6.07, 6.45) is 1.13. The third-order valence-electron chi connectivity index (χ3n) is 3.08. The molecule has 0 aromatic heterocycles. The smallest absolute Gasteiger partial charge is 0.316 e. The number of sulfone groups is 1. The maximum atomic E-state index is 11.6. The van der Waals surface area contributed by atoms with Crippen molar-refractivity contribution in [2.75, 3.05) is 23.5 Å². The Labute approximate surface area is 117 Å². The molecule has 0 aliphatic rings. The number of para-hydroxylation sites is 1. The van der Waals surface area contributed by atoms with Crippen molar-refractivity contribution >= 4 is 26.9 Å². The van der Waals surface area contributed by atoms with E-state index < -0.39 is 19.5 Å². The van der Waals surface area contributed by atoms with Crippen LogP contribution in [0.4, 0.5) is 17.1 Å². The lowest BCUT2D eigenvalue weighted by Gasteiger charge is -2.23. The zero-order valence-electron chi connectivity index (χ0n) is 11.5. The summed E-state index contributed by atoms with van der Waals surface area (Å²) in [4.78, 5) is 10.5. The van der Waals surface area contributed by atoms with Crippen LogP contribution in [0.2, 0.25) is 0 Å². The second-order valence-electron chi connectivity index (χ2n) is 4.99. The van der Waals surface area contributed by atoms with Gasteiger partial charge in [0.25, 0.3) is 0 Å². The van der Waals surface area contributed by atoms with Crippen molar-refractivity contribution in [2.45, 2.75) is 18.6 Å². The van der Waals surface area contributed by atoms with E-state index in [2.05, 4.69) is 10.7 Å². The average Bonchev–Trinajstić information content (AvgIpc) is 2.34. The molecule has 0 aliphatic carbocycles. The van der Waals surface area contributed by atoms with Crippen LogP contribution >= 0.6 is 0 Å². The fraction of sp³-hybridized carbons (Fsp3) is 0.455. The number of nitro groups is 1. The number of anilines is 2. The number of nitrogens with zero attached hydrogens (tertiary/aromatic N) is 1. The summed E-state index contributed by atoms with van der Waals surface area (Å²) in [5, 5.41) is 13.9. The van der Waals surface area contributed by atoms with Gasteiger partial charge in [0.05, 0.1) is 9.67 Å². The number of benzene rings is 1. The molecule has 0 aliphatic heterocycles. The number of rotatable bonds is 6. The van der Waals surface area contributed by atoms with Crippen LogP contribution in [0.15, 0.2) is 18.2 Å². The lowest BCUT2D eigenvalue weighted by Crippen LogP contribution is -2.38. The van der Waals surface area contributed by atoms with Gasteiger partial charge in [0.15, 0.2) is 9.84 Å². The van der Waals surface area contributed by atoms with Gasteiger partial charge in [0.2, 0.25) is 0 Å². The van der Waals surface area contributed by atoms with E-state index in [1.54, 1.807) is 19.9 Å². The van der Waals surface area contributed by atoms with Crippen molar-refractivity contribution in [2.24, 2.45) is 5.84 Å². The van der Waals surface area contributed by atoms with E-state index in [0.717, 1.165) is 6.26 Å². The summed E-state index contributed by atoms with van der Waals surface area (Å²) < 4.78 is 22.2. The molecule has 0 spiro atoms. The highest BCUT2D eigenvalue weighted by Crippen LogP contribution is 2.32. The summed E-state index contributed by atoms with van der Waals surface area (Å²) in [7, 11) is -3.29. The minimum atomic E-state index is -3.29. The molecule has 0 unspecified atom stereocenters. The van der Waals surface area contributed by atoms with E-state index in [9.17, 15) is 18.5 Å². The molecule has 9 heteroatoms. The Hall–Kier alpha value is -1.87. The summed E-state index contributed by atoms with van der Waals surface area (Å²) >= 11 is 0. The van der Waals surface area contributed by atoms with E-state index in [-0.39, 0.29) is 23.6 Å². The van der Waals surface area contributed by atoms with Crippen molar-refractivity contribution in [3.05, 3.63) is 28.3 Å². The van der Waals surface area contributed by atoms with Crippen LogP contribution in [0.1, 0.15) is 13.8 Å². The van der Waals surface area contributed by atoms with Crippen LogP contribution < -0.4 is 16.6 Å². The Morgan fingerprint density at radius 2 is 1.90 bits per heavy atom. The minimum Gasteiger partial charge on any atom is -0.378 e. The second-order valence-corrected chi connectivity index (χ2v) is 7.64. The molecular weight excluding hydrogens is 284 g/mol. The number of hydrazine groups is 1. The van der Waals surface area contributed by atoms with E-state index in [0.29, 0.717) is 0 Å². The molecule has 0 heterocycles. The number of nitrogens with one attached hydrogen (secondary N) is 2. The second kappa shape index (κ2) is 5.63. The molecule has 0 fully saturated rings. The number of nitrogen functional groups attached to an aromatic ring is 1. The molecule has 0 radical (unpaired) electrons. The predicted octanol–water partition coefficient (Wildman–Crippen LogP) is 1.12. The third kappa shape index (κ3) is 3.36. The summed E-state index contributed by atoms with van der Waals surface area (Å²) in [6, 6.07) is 4.54. The molecule has 112 valence electrons. The van der Waals surface area contributed by atoms with Gasteiger partial charge in [0, 0.05) is 12.8 Å². The van der Waals surface area contributed by atoms with Crippen molar-refractivity contribution in [1.29, 1.82) is 0 Å². The molecule has 4 N–H and O–H groups in total. The van der Waals surface area contributed by atoms with Gasteiger partial charge in [-0.15, -0.1) is 0 Å². The largest absolute Gasteiger partial charge is 0.378 e. The quantitative estimate of drug-likeness (QED) is 0.408. The molecule has 20 heavy (non-hydrogen) atoms. The third-order valence-corrected chi connectivity index (χ3v) is 5.23. The normalized spacial score (nSPS) is 12.0. The van der Waals surface area contributed by atoms with Crippen LogP contribution in [0, 0.1) is 10.1 Å². The van der Waals surface area contributed by atoms with E-state index in [4.69, 9.17) is 5.84 Å². The molecule has 0 amide bonds. The minimum absolute atomic E-state index is 0.0424. The van der Waals surface area contributed by atoms with Gasteiger partial charge >= 0.3 is 5.69 Å². The summed E-state index contributed by atoms with van der Waals surface area (Å²) in [5.41, 5.74) is 2.38. The Morgan fingerprint density at radius 1 is 1.35 bits per heavy atom. The van der Waals surface area contributed by atoms with Gasteiger partial charge in [0.1, 0.15) is 11.4 Å². The number of hydrogen-bond donors (Lipinski definition) is 3. The highest BCUT2D eigenvalue weighted by molar-refractivity contribution is 7.92. The van der Waals surface area contributed by atoms with Gasteiger partial charge in [-0.05, 0) is 26.0 Å². The average molecular weight is 302 g/mol. The zero-order valence-corrected chi connectivity index (χ0v) is 12.3. The standard InChI is InChI=1S/C11H18N4O4S/c1-11(2,20(3,18)19)7-13-8-5-4-6-9(14-12)10(8)15(16)17/h4-6,13-14H,7,12H2,1-3H3. The van der Waals surface area contributed by atoms with E-state index in [1.807, 2.05) is 0 Å². The molecule has 1 rings (SSSR count). The predicted molar refractivity (Wildman–Crippen MR) is 78.3 cm³/mol. The van der Waals surface area contributed by atoms with Crippen molar-refractivity contribution < 1.29 is 13.3 Å². The van der Waals surface area contributed by atoms with Crippen LogP contribution in [-0.2, 0) is 9.84 Å². The highest BCUT2D eigenvalue weighted by Gasteiger charge is 2.31. The number of nitrogens with two attached hydrogens (primary N) is 1. The monoisotopic (exact) mass is 302 g/mol. The van der Waals surface area contributed by atoms with Gasteiger partial charge in [-0.2, -0.15) is 0 Å². The topological polar surface area (TPSA) is 127 Å². The van der Waals surface area contributed by atoms with Gasteiger partial charge in [-0.25, -0.2) is 8.42 Å². The first kappa shape index (κ1) is 16.2. The van der Waals surface area contributed by atoms with Gasteiger partial charge < -0.3 is 10.7 Å². The van der Waals surface area contributed by atoms with Crippen LogP contribution in [-0.4, -0.2) is 30.9 Å². The Kier molecular flexibility index (Phi) is 4.56. The Morgan fingerprint density at radius 3 is 2.35 bits per heavy atom. The lowest BCUT2D eigenvalue weighted by atomic mass is 10.2. The van der Waals surface area contributed by atoms with Gasteiger partial charge in [-0.1, -0.05) is 6.07 Å². The molecule has 8 nitrogen and oxygen atoms in total. The maximum absolute atomic E-state index is 11.6. The van der Waals surface area contributed by atoms with Crippen molar-refractivity contribution in [3.8, 4) is 0 Å². The van der Waals surface area contributed by atoms with Crippen LogP contribution in [0.3, 0.4) is 0 Å². The van der Waals surface area contributed by atoms with Crippen LogP contribution in [0.25, 0.3) is 0 Å². The summed E-state index contributed by atoms with van der Waals surface area (Å²) in [5.74, 6) is 5.23. The Bertz CT molecular complexity index is 613. The SMILES string of the molecule is CC(C)(CNc1cccc(NN)c1[N+](=O)[O-])S(C)(=O)=O. The molecule has 0 saturated heterocycles. The van der Waals surface area contributed by atoms with Crippen molar-refractivity contribution in [1.82, 2.24) is 0 Å². The first-order valence-corrected chi connectivity index (χ1v) is 7.67. The number of hydrogen-bond acceptors (Lipinski definition) is 7. The lowest BCUT2D eigenvalue weighted by molar-refractivity contribution is -0.383.